The highest BCUT2D eigenvalue weighted by molar-refractivity contribution is 5.91. The summed E-state index contributed by atoms with van der Waals surface area (Å²) in [5, 5.41) is 6.91. The minimum atomic E-state index is -0.372. The van der Waals surface area contributed by atoms with Gasteiger partial charge in [-0.1, -0.05) is 12.1 Å². The minimum absolute atomic E-state index is 0.0191. The smallest absolute Gasteiger partial charge is 0.324 e. The fourth-order valence-corrected chi connectivity index (χ4v) is 4.76. The second-order valence-electron chi connectivity index (χ2n) is 9.35. The molecule has 0 saturated carbocycles. The number of carbonyl (C=O) groups excluding carboxylic acids is 1. The molecule has 0 aromatic heterocycles. The highest BCUT2D eigenvalue weighted by Crippen LogP contribution is 2.25. The van der Waals surface area contributed by atoms with Gasteiger partial charge in [0.25, 0.3) is 0 Å². The van der Waals surface area contributed by atoms with Gasteiger partial charge in [0, 0.05) is 75.8 Å². The van der Waals surface area contributed by atoms with E-state index >= 15 is 0 Å². The monoisotopic (exact) mass is 469 g/mol. The molecule has 0 bridgehead atoms. The van der Waals surface area contributed by atoms with Crippen molar-refractivity contribution in [3.63, 3.8) is 0 Å². The zero-order valence-electron chi connectivity index (χ0n) is 20.4. The molecule has 2 saturated heterocycles. The molecule has 34 heavy (non-hydrogen) atoms. The molecule has 0 spiro atoms. The van der Waals surface area contributed by atoms with Gasteiger partial charge in [-0.05, 0) is 49.6 Å². The molecule has 7 nitrogen and oxygen atoms in total. The van der Waals surface area contributed by atoms with Gasteiger partial charge in [0.15, 0.2) is 11.6 Å². The number of rotatable bonds is 6. The largest absolute Gasteiger partial charge is 0.494 e. The number of halogens is 1. The quantitative estimate of drug-likeness (QED) is 0.675. The SMILES string of the molecule is COc1cc(NC2CCN(C(=O)N(C)c3ccc(CN4CCN[C@@H](C)C4)cc3)CC2)ccc1F. The molecule has 2 aromatic rings. The molecule has 0 aliphatic carbocycles. The maximum absolute atomic E-state index is 13.6. The highest BCUT2D eigenvalue weighted by atomic mass is 19.1. The number of nitrogens with one attached hydrogen (secondary N) is 2. The summed E-state index contributed by atoms with van der Waals surface area (Å²) in [5.41, 5.74) is 3.00. The van der Waals surface area contributed by atoms with Crippen molar-refractivity contribution in [1.29, 1.82) is 0 Å². The Morgan fingerprint density at radius 1 is 1.18 bits per heavy atom. The number of nitrogens with zero attached hydrogens (tertiary/aromatic N) is 3. The molecule has 2 aromatic carbocycles. The van der Waals surface area contributed by atoms with Crippen LogP contribution < -0.4 is 20.3 Å². The Morgan fingerprint density at radius 2 is 1.91 bits per heavy atom. The lowest BCUT2D eigenvalue weighted by Crippen LogP contribution is -2.48. The third-order valence-electron chi connectivity index (χ3n) is 6.76. The van der Waals surface area contributed by atoms with Crippen molar-refractivity contribution in [2.45, 2.75) is 38.4 Å². The number of amides is 2. The molecule has 2 aliphatic heterocycles. The molecule has 2 N–H and O–H groups in total. The fourth-order valence-electron chi connectivity index (χ4n) is 4.76. The van der Waals surface area contributed by atoms with Crippen molar-refractivity contribution in [2.24, 2.45) is 0 Å². The van der Waals surface area contributed by atoms with Gasteiger partial charge < -0.3 is 20.3 Å². The molecule has 0 radical (unpaired) electrons. The maximum atomic E-state index is 13.6. The van der Waals surface area contributed by atoms with Crippen molar-refractivity contribution in [2.75, 3.05) is 57.1 Å². The first-order valence-electron chi connectivity index (χ1n) is 12.1. The first kappa shape index (κ1) is 24.3. The average Bonchev–Trinajstić information content (AvgIpc) is 2.85. The van der Waals surface area contributed by atoms with Crippen molar-refractivity contribution in [1.82, 2.24) is 15.1 Å². The van der Waals surface area contributed by atoms with Crippen LogP contribution in [-0.2, 0) is 6.54 Å². The van der Waals surface area contributed by atoms with Gasteiger partial charge in [-0.25, -0.2) is 9.18 Å². The van der Waals surface area contributed by atoms with E-state index in [9.17, 15) is 9.18 Å². The summed E-state index contributed by atoms with van der Waals surface area (Å²) >= 11 is 0. The van der Waals surface area contributed by atoms with E-state index < -0.39 is 0 Å². The van der Waals surface area contributed by atoms with E-state index in [4.69, 9.17) is 4.74 Å². The number of hydrogen-bond donors (Lipinski definition) is 2. The standard InChI is InChI=1S/C26H36FN5O2/c1-19-17-31(15-12-28-19)18-20-4-7-23(8-5-20)30(2)26(33)32-13-10-21(11-14-32)29-22-6-9-24(27)25(16-22)34-3/h4-9,16,19,21,28-29H,10-15,17-18H2,1-3H3/t19-/m0/s1. The number of anilines is 2. The van der Waals surface area contributed by atoms with Gasteiger partial charge in [0.1, 0.15) is 0 Å². The topological polar surface area (TPSA) is 60.1 Å². The summed E-state index contributed by atoms with van der Waals surface area (Å²) in [6, 6.07) is 13.9. The Hall–Kier alpha value is -2.84. The summed E-state index contributed by atoms with van der Waals surface area (Å²) in [6.07, 6.45) is 1.67. The average molecular weight is 470 g/mol. The first-order chi connectivity index (χ1) is 16.4. The number of piperazine rings is 1. The first-order valence-corrected chi connectivity index (χ1v) is 12.1. The Balaban J connectivity index is 1.27. The van der Waals surface area contributed by atoms with Crippen LogP contribution in [0.5, 0.6) is 5.75 Å². The predicted molar refractivity (Wildman–Crippen MR) is 134 cm³/mol. The molecule has 8 heteroatoms. The van der Waals surface area contributed by atoms with Gasteiger partial charge >= 0.3 is 6.03 Å². The Morgan fingerprint density at radius 3 is 2.59 bits per heavy atom. The molecule has 1 atom stereocenters. The lowest BCUT2D eigenvalue weighted by atomic mass is 10.0. The van der Waals surface area contributed by atoms with E-state index in [0.717, 1.165) is 50.4 Å². The van der Waals surface area contributed by atoms with E-state index in [-0.39, 0.29) is 23.6 Å². The van der Waals surface area contributed by atoms with Gasteiger partial charge in [-0.2, -0.15) is 0 Å². The molecular weight excluding hydrogens is 433 g/mol. The molecular formula is C26H36FN5O2. The van der Waals surface area contributed by atoms with E-state index in [2.05, 4.69) is 34.6 Å². The van der Waals surface area contributed by atoms with Crippen LogP contribution >= 0.6 is 0 Å². The molecule has 2 heterocycles. The van der Waals surface area contributed by atoms with Crippen LogP contribution in [0.4, 0.5) is 20.6 Å². The minimum Gasteiger partial charge on any atom is -0.494 e. The van der Waals surface area contributed by atoms with Gasteiger partial charge in [-0.15, -0.1) is 0 Å². The molecule has 2 amide bonds. The van der Waals surface area contributed by atoms with E-state index in [1.54, 1.807) is 17.0 Å². The molecule has 2 aliphatic rings. The van der Waals surface area contributed by atoms with Crippen molar-refractivity contribution < 1.29 is 13.9 Å². The zero-order valence-corrected chi connectivity index (χ0v) is 20.4. The van der Waals surface area contributed by atoms with Crippen LogP contribution in [0, 0.1) is 5.82 Å². The van der Waals surface area contributed by atoms with E-state index in [1.807, 2.05) is 24.1 Å². The van der Waals surface area contributed by atoms with Gasteiger partial charge in [0.2, 0.25) is 0 Å². The number of methoxy groups -OCH3 is 1. The van der Waals surface area contributed by atoms with Crippen LogP contribution in [-0.4, -0.2) is 74.8 Å². The number of piperidine rings is 1. The summed E-state index contributed by atoms with van der Waals surface area (Å²) in [6.45, 7) is 7.65. The highest BCUT2D eigenvalue weighted by Gasteiger charge is 2.26. The lowest BCUT2D eigenvalue weighted by Gasteiger charge is -2.35. The summed E-state index contributed by atoms with van der Waals surface area (Å²) in [7, 11) is 3.30. The summed E-state index contributed by atoms with van der Waals surface area (Å²) in [4.78, 5) is 19.2. The van der Waals surface area contributed by atoms with Crippen molar-refractivity contribution in [3.8, 4) is 5.75 Å². The second kappa shape index (κ2) is 11.1. The number of likely N-dealkylation sites (tertiary alicyclic amines) is 1. The van der Waals surface area contributed by atoms with Crippen molar-refractivity contribution in [3.05, 3.63) is 53.8 Å². The van der Waals surface area contributed by atoms with E-state index in [1.165, 1.54) is 18.7 Å². The van der Waals surface area contributed by atoms with Crippen LogP contribution in [0.25, 0.3) is 0 Å². The van der Waals surface area contributed by atoms with Gasteiger partial charge in [-0.3, -0.25) is 9.80 Å². The Kier molecular flexibility index (Phi) is 7.90. The van der Waals surface area contributed by atoms with Gasteiger partial charge in [0.05, 0.1) is 7.11 Å². The molecule has 0 unspecified atom stereocenters. The zero-order chi connectivity index (χ0) is 24.1. The van der Waals surface area contributed by atoms with Crippen LogP contribution in [0.15, 0.2) is 42.5 Å². The van der Waals surface area contributed by atoms with Crippen LogP contribution in [0.3, 0.4) is 0 Å². The third kappa shape index (κ3) is 5.98. The van der Waals surface area contributed by atoms with E-state index in [0.29, 0.717) is 19.1 Å². The lowest BCUT2D eigenvalue weighted by molar-refractivity contribution is 0.191. The summed E-state index contributed by atoms with van der Waals surface area (Å²) in [5.74, 6) is -0.143. The molecule has 184 valence electrons. The maximum Gasteiger partial charge on any atom is 0.324 e. The second-order valence-corrected chi connectivity index (χ2v) is 9.35. The third-order valence-corrected chi connectivity index (χ3v) is 6.76. The number of hydrogen-bond acceptors (Lipinski definition) is 5. The fraction of sp³-hybridized carbons (Fsp3) is 0.500. The predicted octanol–water partition coefficient (Wildman–Crippen LogP) is 3.76. The number of urea groups is 1. The Labute approximate surface area is 201 Å². The van der Waals surface area contributed by atoms with Crippen molar-refractivity contribution >= 4 is 17.4 Å². The number of benzene rings is 2. The number of ether oxygens (including phenoxy) is 1. The van der Waals surface area contributed by atoms with Crippen LogP contribution in [0.1, 0.15) is 25.3 Å². The molecule has 2 fully saturated rings. The van der Waals surface area contributed by atoms with Crippen LogP contribution in [0.2, 0.25) is 0 Å². The normalized spacial score (nSPS) is 19.6. The number of carbonyl (C=O) groups is 1. The Bertz CT molecular complexity index is 962. The summed E-state index contributed by atoms with van der Waals surface area (Å²) < 4.78 is 18.7. The molecule has 4 rings (SSSR count).